The summed E-state index contributed by atoms with van der Waals surface area (Å²) in [5.74, 6) is -0.115. The smallest absolute Gasteiger partial charge is 0.334 e. The van der Waals surface area contributed by atoms with Gasteiger partial charge in [-0.15, -0.1) is 0 Å². The van der Waals surface area contributed by atoms with Crippen LogP contribution in [0.2, 0.25) is 0 Å². The largest absolute Gasteiger partial charge is 0.493 e. The summed E-state index contributed by atoms with van der Waals surface area (Å²) < 4.78 is 11.8. The molecule has 0 aromatic heterocycles. The van der Waals surface area contributed by atoms with Crippen molar-refractivity contribution in [2.75, 3.05) is 6.61 Å². The van der Waals surface area contributed by atoms with E-state index < -0.39 is 12.0 Å². The van der Waals surface area contributed by atoms with Crippen molar-refractivity contribution in [3.05, 3.63) is 58.6 Å². The fourth-order valence-electron chi connectivity index (χ4n) is 2.33. The van der Waals surface area contributed by atoms with Crippen molar-refractivity contribution in [2.45, 2.75) is 26.8 Å². The molecule has 1 N–H and O–H groups in total. The molecule has 0 saturated carbocycles. The van der Waals surface area contributed by atoms with Crippen LogP contribution in [0.4, 0.5) is 0 Å². The predicted molar refractivity (Wildman–Crippen MR) is 103 cm³/mol. The van der Waals surface area contributed by atoms with Crippen molar-refractivity contribution >= 4 is 27.8 Å². The van der Waals surface area contributed by atoms with Crippen molar-refractivity contribution in [1.82, 2.24) is 5.32 Å². The molecular formula is C20H22BrNO4. The first kappa shape index (κ1) is 20.0. The van der Waals surface area contributed by atoms with Gasteiger partial charge in [0.2, 0.25) is 0 Å². The van der Waals surface area contributed by atoms with Gasteiger partial charge in [-0.05, 0) is 49.2 Å². The number of rotatable bonds is 7. The topological polar surface area (TPSA) is 64.6 Å². The lowest BCUT2D eigenvalue weighted by Crippen LogP contribution is -2.46. The third-order valence-electron chi connectivity index (χ3n) is 3.67. The maximum absolute atomic E-state index is 12.7. The molecule has 0 aliphatic heterocycles. The molecule has 0 bridgehead atoms. The van der Waals surface area contributed by atoms with Gasteiger partial charge in [-0.2, -0.15) is 0 Å². The van der Waals surface area contributed by atoms with E-state index >= 15 is 0 Å². The molecule has 2 aromatic rings. The minimum Gasteiger partial charge on any atom is -0.493 e. The van der Waals surface area contributed by atoms with Crippen molar-refractivity contribution < 1.29 is 19.1 Å². The Hall–Kier alpha value is -2.34. The first-order valence-corrected chi connectivity index (χ1v) is 9.21. The van der Waals surface area contributed by atoms with Gasteiger partial charge in [0.1, 0.15) is 17.5 Å². The monoisotopic (exact) mass is 419 g/mol. The Kier molecular flexibility index (Phi) is 7.21. The van der Waals surface area contributed by atoms with Crippen LogP contribution in [0.25, 0.3) is 0 Å². The van der Waals surface area contributed by atoms with Gasteiger partial charge in [0.15, 0.2) is 0 Å². The lowest BCUT2D eigenvalue weighted by atomic mass is 10.0. The van der Waals surface area contributed by atoms with Crippen molar-refractivity contribution in [3.63, 3.8) is 0 Å². The molecule has 0 aliphatic rings. The highest BCUT2D eigenvalue weighted by atomic mass is 79.9. The molecule has 0 heterocycles. The average Bonchev–Trinajstić information content (AvgIpc) is 2.61. The lowest BCUT2D eigenvalue weighted by molar-refractivity contribution is -0.137. The third-order valence-corrected chi connectivity index (χ3v) is 4.20. The van der Waals surface area contributed by atoms with Gasteiger partial charge in [0.25, 0.3) is 5.91 Å². The van der Waals surface area contributed by atoms with E-state index in [1.54, 1.807) is 48.5 Å². The predicted octanol–water partition coefficient (Wildman–Crippen LogP) is 4.21. The van der Waals surface area contributed by atoms with E-state index in [1.165, 1.54) is 0 Å². The number of carbonyl (C=O) groups excluding carboxylic acids is 2. The molecule has 0 spiro atoms. The van der Waals surface area contributed by atoms with Gasteiger partial charge in [0, 0.05) is 4.47 Å². The highest BCUT2D eigenvalue weighted by Crippen LogP contribution is 2.20. The quantitative estimate of drug-likeness (QED) is 0.539. The summed E-state index contributed by atoms with van der Waals surface area (Å²) in [6.07, 6.45) is 0. The number of hydrogen-bond acceptors (Lipinski definition) is 4. The normalized spacial score (nSPS) is 11.7. The van der Waals surface area contributed by atoms with E-state index in [-0.39, 0.29) is 11.8 Å². The number of hydrogen-bond donors (Lipinski definition) is 1. The number of nitrogens with one attached hydrogen (secondary N) is 1. The van der Waals surface area contributed by atoms with E-state index in [1.807, 2.05) is 20.8 Å². The average molecular weight is 420 g/mol. The van der Waals surface area contributed by atoms with Crippen LogP contribution in [0.3, 0.4) is 0 Å². The minimum absolute atomic E-state index is 0.138. The SMILES string of the molecule is CCOc1ccccc1C(=O)N[C@H](C(=O)Oc1ccc(Br)cc1)C(C)C. The Bertz CT molecular complexity index is 759. The second-order valence-electron chi connectivity index (χ2n) is 6.00. The Morgan fingerprint density at radius 3 is 2.35 bits per heavy atom. The highest BCUT2D eigenvalue weighted by molar-refractivity contribution is 9.10. The van der Waals surface area contributed by atoms with Crippen LogP contribution in [0.15, 0.2) is 53.0 Å². The van der Waals surface area contributed by atoms with Gasteiger partial charge in [-0.1, -0.05) is 41.9 Å². The Balaban J connectivity index is 2.13. The molecule has 0 radical (unpaired) electrons. The lowest BCUT2D eigenvalue weighted by Gasteiger charge is -2.21. The van der Waals surface area contributed by atoms with E-state index in [9.17, 15) is 9.59 Å². The molecule has 2 aromatic carbocycles. The van der Waals surface area contributed by atoms with Crippen LogP contribution in [0.5, 0.6) is 11.5 Å². The van der Waals surface area contributed by atoms with Gasteiger partial charge in [-0.3, -0.25) is 4.79 Å². The zero-order valence-electron chi connectivity index (χ0n) is 15.0. The molecule has 1 atom stereocenters. The summed E-state index contributed by atoms with van der Waals surface area (Å²) in [7, 11) is 0. The molecule has 5 nitrogen and oxygen atoms in total. The Morgan fingerprint density at radius 2 is 1.73 bits per heavy atom. The summed E-state index contributed by atoms with van der Waals surface area (Å²) in [5, 5.41) is 2.76. The number of para-hydroxylation sites is 1. The molecule has 0 unspecified atom stereocenters. The Morgan fingerprint density at radius 1 is 1.08 bits per heavy atom. The van der Waals surface area contributed by atoms with Crippen LogP contribution in [-0.4, -0.2) is 24.5 Å². The maximum Gasteiger partial charge on any atom is 0.334 e. The first-order chi connectivity index (χ1) is 12.4. The second kappa shape index (κ2) is 9.38. The van der Waals surface area contributed by atoms with Crippen LogP contribution in [0, 0.1) is 5.92 Å². The van der Waals surface area contributed by atoms with Crippen LogP contribution in [-0.2, 0) is 4.79 Å². The molecule has 0 saturated heterocycles. The van der Waals surface area contributed by atoms with Crippen LogP contribution in [0.1, 0.15) is 31.1 Å². The first-order valence-electron chi connectivity index (χ1n) is 8.42. The summed E-state index contributed by atoms with van der Waals surface area (Å²) in [6, 6.07) is 13.1. The summed E-state index contributed by atoms with van der Waals surface area (Å²) in [6.45, 7) is 6.00. The molecule has 138 valence electrons. The summed E-state index contributed by atoms with van der Waals surface area (Å²) in [4.78, 5) is 25.2. The van der Waals surface area contributed by atoms with Crippen molar-refractivity contribution in [1.29, 1.82) is 0 Å². The standard InChI is InChI=1S/C20H22BrNO4/c1-4-25-17-8-6-5-7-16(17)19(23)22-18(13(2)3)20(24)26-15-11-9-14(21)10-12-15/h5-13,18H,4H2,1-3H3,(H,22,23)/t18-/m0/s1. The summed E-state index contributed by atoms with van der Waals surface area (Å²) in [5.41, 5.74) is 0.386. The fourth-order valence-corrected chi connectivity index (χ4v) is 2.60. The summed E-state index contributed by atoms with van der Waals surface area (Å²) >= 11 is 3.33. The second-order valence-corrected chi connectivity index (χ2v) is 6.92. The van der Waals surface area contributed by atoms with Gasteiger partial charge in [-0.25, -0.2) is 4.79 Å². The maximum atomic E-state index is 12.7. The van der Waals surface area contributed by atoms with Gasteiger partial charge in [0.05, 0.1) is 12.2 Å². The zero-order chi connectivity index (χ0) is 19.1. The number of esters is 1. The number of benzene rings is 2. The van der Waals surface area contributed by atoms with Gasteiger partial charge >= 0.3 is 5.97 Å². The molecule has 1 amide bonds. The van der Waals surface area contributed by atoms with E-state index in [2.05, 4.69) is 21.2 Å². The molecule has 6 heteroatoms. The molecule has 0 fully saturated rings. The van der Waals surface area contributed by atoms with Gasteiger partial charge < -0.3 is 14.8 Å². The highest BCUT2D eigenvalue weighted by Gasteiger charge is 2.27. The molecule has 2 rings (SSSR count). The molecule has 0 aliphatic carbocycles. The zero-order valence-corrected chi connectivity index (χ0v) is 16.6. The van der Waals surface area contributed by atoms with Crippen molar-refractivity contribution in [3.8, 4) is 11.5 Å². The third kappa shape index (κ3) is 5.33. The molecular weight excluding hydrogens is 398 g/mol. The Labute approximate surface area is 161 Å². The fraction of sp³-hybridized carbons (Fsp3) is 0.300. The van der Waals surface area contributed by atoms with E-state index in [4.69, 9.17) is 9.47 Å². The number of halogens is 1. The number of carbonyl (C=O) groups is 2. The number of ether oxygens (including phenoxy) is 2. The minimum atomic E-state index is -0.777. The molecule has 26 heavy (non-hydrogen) atoms. The van der Waals surface area contributed by atoms with Crippen LogP contribution >= 0.6 is 15.9 Å². The van der Waals surface area contributed by atoms with Crippen LogP contribution < -0.4 is 14.8 Å². The number of amides is 1. The van der Waals surface area contributed by atoms with Crippen molar-refractivity contribution in [2.24, 2.45) is 5.92 Å². The van der Waals surface area contributed by atoms with E-state index in [0.29, 0.717) is 23.7 Å². The van der Waals surface area contributed by atoms with E-state index in [0.717, 1.165) is 4.47 Å².